The number of nitrogens with one attached hydrogen (secondary N) is 7. The van der Waals surface area contributed by atoms with Crippen LogP contribution in [0.25, 0.3) is 0 Å². The first-order valence-corrected chi connectivity index (χ1v) is 24.1. The van der Waals surface area contributed by atoms with Gasteiger partial charge in [0.05, 0.1) is 6.04 Å². The van der Waals surface area contributed by atoms with Gasteiger partial charge in [-0.05, 0) is 110 Å². The first kappa shape index (κ1) is 62.2. The topological polar surface area (TPSA) is 362 Å². The molecule has 0 unspecified atom stereocenters. The number of carbonyl (C=O) groups excluding carboxylic acids is 7. The Labute approximate surface area is 414 Å². The number of ketones is 1. The van der Waals surface area contributed by atoms with Crippen LogP contribution in [0.4, 0.5) is 9.59 Å². The van der Waals surface area contributed by atoms with Crippen LogP contribution in [-0.4, -0.2) is 135 Å². The molecule has 0 fully saturated rings. The van der Waals surface area contributed by atoms with E-state index in [0.29, 0.717) is 77.2 Å². The Kier molecular flexibility index (Phi) is 30.2. The molecule has 398 valence electrons. The minimum absolute atomic E-state index is 0.0229. The molecule has 1 rings (SSSR count). The highest BCUT2D eigenvalue weighted by molar-refractivity contribution is 6.35. The largest absolute Gasteiger partial charge is 0.481 e. The SMILES string of the molecule is Cc1ccc(CCCC(=O)NCCCC[C@H](NC(=O)[C@H](CCCCNC(=O)OC(C)(C)C)NC(=O)CCCCCCCNC(=O)CC[C@H](NC(=O)N[C@@H](CCC(=O)O)C(=O)O)C(=O)O)C(=O)C(=O)O)cc1. The summed E-state index contributed by atoms with van der Waals surface area (Å²) in [5.74, 6) is -9.03. The summed E-state index contributed by atoms with van der Waals surface area (Å²) in [7, 11) is 0. The molecule has 71 heavy (non-hydrogen) atoms. The van der Waals surface area contributed by atoms with Gasteiger partial charge in [-0.1, -0.05) is 49.1 Å². The number of rotatable bonds is 37. The van der Waals surface area contributed by atoms with Gasteiger partial charge in [0.25, 0.3) is 5.78 Å². The normalized spacial score (nSPS) is 12.7. The van der Waals surface area contributed by atoms with Crippen molar-refractivity contribution in [2.24, 2.45) is 0 Å². The molecule has 0 aliphatic rings. The van der Waals surface area contributed by atoms with Crippen molar-refractivity contribution in [3.63, 3.8) is 0 Å². The number of benzene rings is 1. The van der Waals surface area contributed by atoms with Gasteiger partial charge in [0.15, 0.2) is 0 Å². The highest BCUT2D eigenvalue weighted by Gasteiger charge is 2.30. The van der Waals surface area contributed by atoms with Gasteiger partial charge in [0.1, 0.15) is 23.7 Å². The summed E-state index contributed by atoms with van der Waals surface area (Å²) >= 11 is 0. The van der Waals surface area contributed by atoms with E-state index in [-0.39, 0.29) is 51.1 Å². The van der Waals surface area contributed by atoms with E-state index in [1.54, 1.807) is 20.8 Å². The smallest absolute Gasteiger partial charge is 0.407 e. The highest BCUT2D eigenvalue weighted by atomic mass is 16.6. The van der Waals surface area contributed by atoms with E-state index < -0.39 is 102 Å². The van der Waals surface area contributed by atoms with Crippen molar-refractivity contribution >= 4 is 65.4 Å². The van der Waals surface area contributed by atoms with E-state index in [4.69, 9.17) is 9.84 Å². The van der Waals surface area contributed by atoms with Gasteiger partial charge in [-0.15, -0.1) is 0 Å². The van der Waals surface area contributed by atoms with Crippen LogP contribution in [0.5, 0.6) is 0 Å². The first-order valence-electron chi connectivity index (χ1n) is 24.1. The number of carboxylic acid groups (broad SMARTS) is 4. The molecule has 4 atom stereocenters. The Morgan fingerprint density at radius 1 is 0.507 bits per heavy atom. The molecule has 23 nitrogen and oxygen atoms in total. The number of aliphatic carboxylic acids is 4. The molecule has 1 aromatic carbocycles. The zero-order chi connectivity index (χ0) is 53.4. The summed E-state index contributed by atoms with van der Waals surface area (Å²) < 4.78 is 5.23. The maximum absolute atomic E-state index is 13.6. The second kappa shape index (κ2) is 34.5. The lowest BCUT2D eigenvalue weighted by Crippen LogP contribution is -2.52. The Hall–Kier alpha value is -6.81. The van der Waals surface area contributed by atoms with E-state index in [1.165, 1.54) is 0 Å². The zero-order valence-corrected chi connectivity index (χ0v) is 41.4. The molecule has 0 aliphatic heterocycles. The lowest BCUT2D eigenvalue weighted by atomic mass is 10.0. The Bertz CT molecular complexity index is 1920. The quantitative estimate of drug-likeness (QED) is 0.0337. The maximum Gasteiger partial charge on any atom is 0.407 e. The molecule has 11 N–H and O–H groups in total. The number of alkyl carbamates (subject to hydrolysis) is 1. The van der Waals surface area contributed by atoms with E-state index in [9.17, 15) is 68.1 Å². The number of ether oxygens (including phenoxy) is 1. The van der Waals surface area contributed by atoms with Crippen LogP contribution in [0.3, 0.4) is 0 Å². The third-order valence-electron chi connectivity index (χ3n) is 10.7. The van der Waals surface area contributed by atoms with Gasteiger partial charge in [0, 0.05) is 45.3 Å². The maximum atomic E-state index is 13.6. The number of hydrogen-bond acceptors (Lipinski definition) is 12. The predicted molar refractivity (Wildman–Crippen MR) is 257 cm³/mol. The van der Waals surface area contributed by atoms with E-state index >= 15 is 0 Å². The van der Waals surface area contributed by atoms with Crippen molar-refractivity contribution in [3.8, 4) is 0 Å². The number of carboxylic acids is 4. The molecule has 0 aromatic heterocycles. The minimum Gasteiger partial charge on any atom is -0.481 e. The lowest BCUT2D eigenvalue weighted by molar-refractivity contribution is -0.150. The molecule has 0 radical (unpaired) electrons. The average molecular weight is 1010 g/mol. The van der Waals surface area contributed by atoms with Crippen LogP contribution >= 0.6 is 0 Å². The minimum atomic E-state index is -1.73. The number of amides is 7. The molecule has 0 bridgehead atoms. The summed E-state index contributed by atoms with van der Waals surface area (Å²) in [5, 5.41) is 54.3. The molecular formula is C48H75N7O16. The second-order valence-electron chi connectivity index (χ2n) is 18.2. The number of aryl methyl sites for hydroxylation is 2. The van der Waals surface area contributed by atoms with Gasteiger partial charge in [-0.2, -0.15) is 0 Å². The Morgan fingerprint density at radius 2 is 1.00 bits per heavy atom. The first-order chi connectivity index (χ1) is 33.5. The number of urea groups is 1. The van der Waals surface area contributed by atoms with Crippen molar-refractivity contribution in [2.45, 2.75) is 179 Å². The third kappa shape index (κ3) is 31.1. The van der Waals surface area contributed by atoms with Gasteiger partial charge in [-0.3, -0.25) is 28.8 Å². The second-order valence-corrected chi connectivity index (χ2v) is 18.2. The summed E-state index contributed by atoms with van der Waals surface area (Å²) in [4.78, 5) is 134. The fourth-order valence-corrected chi connectivity index (χ4v) is 6.87. The summed E-state index contributed by atoms with van der Waals surface area (Å²) in [6, 6.07) is 1.30. The molecule has 0 saturated heterocycles. The van der Waals surface area contributed by atoms with E-state index in [0.717, 1.165) is 17.5 Å². The molecular weight excluding hydrogens is 931 g/mol. The summed E-state index contributed by atoms with van der Waals surface area (Å²) in [5.41, 5.74) is 1.58. The highest BCUT2D eigenvalue weighted by Crippen LogP contribution is 2.12. The Morgan fingerprint density at radius 3 is 1.55 bits per heavy atom. The Balaban J connectivity index is 2.63. The van der Waals surface area contributed by atoms with Crippen molar-refractivity contribution < 1.29 is 77.9 Å². The predicted octanol–water partition coefficient (Wildman–Crippen LogP) is 3.23. The van der Waals surface area contributed by atoms with Crippen LogP contribution in [0.15, 0.2) is 24.3 Å². The van der Waals surface area contributed by atoms with Crippen molar-refractivity contribution in [2.75, 3.05) is 19.6 Å². The standard InChI is InChI=1S/C48H75N7O16/c1-31-20-22-32(23-21-31)15-14-19-37(56)49-29-12-9-16-33(41(61)45(67)68)53-42(62)34(17-10-13-30-51-47(70)71-48(2,3)4)52-39(58)18-8-6-5-7-11-28-50-38(57)26-24-35(43(63)64)54-46(69)55-36(44(65)66)25-27-40(59)60/h20-23,33-36H,5-19,24-30H2,1-4H3,(H,49,56)(H,50,57)(H,51,70)(H,52,58)(H,53,62)(H,59,60)(H,63,64)(H,65,66)(H,67,68)(H2,54,55,69)/t33-,34-,35-,36-/m0/s1. The molecule has 0 heterocycles. The monoisotopic (exact) mass is 1010 g/mol. The van der Waals surface area contributed by atoms with Crippen molar-refractivity contribution in [1.82, 2.24) is 37.2 Å². The van der Waals surface area contributed by atoms with Crippen LogP contribution in [0.2, 0.25) is 0 Å². The molecule has 0 spiro atoms. The van der Waals surface area contributed by atoms with Gasteiger partial charge >= 0.3 is 36.0 Å². The van der Waals surface area contributed by atoms with Crippen molar-refractivity contribution in [3.05, 3.63) is 35.4 Å². The summed E-state index contributed by atoms with van der Waals surface area (Å²) in [6.45, 7) is 7.92. The van der Waals surface area contributed by atoms with Crippen LogP contribution < -0.4 is 37.2 Å². The number of hydrogen-bond donors (Lipinski definition) is 11. The number of unbranched alkanes of at least 4 members (excludes halogenated alkanes) is 6. The van der Waals surface area contributed by atoms with Gasteiger partial charge in [-0.25, -0.2) is 24.0 Å². The fourth-order valence-electron chi connectivity index (χ4n) is 6.87. The molecule has 0 saturated carbocycles. The number of Topliss-reactive ketones (excluding diaryl/α,β-unsaturated/α-hetero) is 1. The zero-order valence-electron chi connectivity index (χ0n) is 41.4. The molecule has 23 heteroatoms. The summed E-state index contributed by atoms with van der Waals surface area (Å²) in [6.07, 6.45) is 4.14. The average Bonchev–Trinajstić information content (AvgIpc) is 3.28. The molecule has 7 amide bonds. The van der Waals surface area contributed by atoms with Gasteiger partial charge in [0.2, 0.25) is 23.6 Å². The van der Waals surface area contributed by atoms with Crippen LogP contribution in [0, 0.1) is 6.92 Å². The van der Waals surface area contributed by atoms with Gasteiger partial charge < -0.3 is 62.4 Å². The van der Waals surface area contributed by atoms with Crippen LogP contribution in [-0.2, 0) is 54.3 Å². The van der Waals surface area contributed by atoms with E-state index in [1.807, 2.05) is 36.5 Å². The lowest BCUT2D eigenvalue weighted by Gasteiger charge is -2.22. The van der Waals surface area contributed by atoms with Crippen LogP contribution in [0.1, 0.15) is 147 Å². The number of carbonyl (C=O) groups is 11. The molecule has 0 aliphatic carbocycles. The molecule has 1 aromatic rings. The van der Waals surface area contributed by atoms with E-state index in [2.05, 4.69) is 31.9 Å². The third-order valence-corrected chi connectivity index (χ3v) is 10.7. The fraction of sp³-hybridized carbons (Fsp3) is 0.646. The van der Waals surface area contributed by atoms with Crippen molar-refractivity contribution in [1.29, 1.82) is 0 Å².